The van der Waals surface area contributed by atoms with Gasteiger partial charge in [0.15, 0.2) is 0 Å². The molecule has 0 spiro atoms. The molecule has 1 amide bonds. The molecule has 0 aliphatic carbocycles. The molecule has 22 heavy (non-hydrogen) atoms. The summed E-state index contributed by atoms with van der Waals surface area (Å²) in [5, 5.41) is 2.87. The van der Waals surface area contributed by atoms with Gasteiger partial charge in [-0.15, -0.1) is 12.4 Å². The molecule has 0 saturated carbocycles. The molecule has 6 heteroatoms. The molecule has 0 aliphatic heterocycles. The Labute approximate surface area is 140 Å². The minimum Gasteiger partial charge on any atom is -0.357 e. The number of nitrogens with two attached hydrogens (primary N) is 1. The van der Waals surface area contributed by atoms with Crippen molar-refractivity contribution in [2.45, 2.75) is 46.7 Å². The normalized spacial score (nSPS) is 13.0. The van der Waals surface area contributed by atoms with Crippen molar-refractivity contribution in [3.8, 4) is 0 Å². The van der Waals surface area contributed by atoms with Crippen molar-refractivity contribution in [3.63, 3.8) is 0 Å². The van der Waals surface area contributed by atoms with E-state index in [0.29, 0.717) is 6.54 Å². The second-order valence-electron chi connectivity index (χ2n) is 5.33. The number of pyridine rings is 1. The summed E-state index contributed by atoms with van der Waals surface area (Å²) in [5.74, 6) is 1.05. The van der Waals surface area contributed by atoms with Gasteiger partial charge in [0.2, 0.25) is 5.91 Å². The van der Waals surface area contributed by atoms with E-state index in [1.807, 2.05) is 32.2 Å². The average molecular weight is 329 g/mol. The number of amides is 1. The van der Waals surface area contributed by atoms with Crippen molar-refractivity contribution >= 4 is 24.1 Å². The first-order chi connectivity index (χ1) is 10.0. The SMILES string of the molecule is CCC(C)C(N)C(=O)NCc1ccc(N(CC)CC)nc1.Cl. The van der Waals surface area contributed by atoms with E-state index >= 15 is 0 Å². The van der Waals surface area contributed by atoms with E-state index in [4.69, 9.17) is 5.73 Å². The van der Waals surface area contributed by atoms with Crippen molar-refractivity contribution in [1.82, 2.24) is 10.3 Å². The third-order valence-corrected chi connectivity index (χ3v) is 3.92. The number of nitrogens with zero attached hydrogens (tertiary/aromatic N) is 2. The van der Waals surface area contributed by atoms with E-state index < -0.39 is 6.04 Å². The molecule has 3 N–H and O–H groups in total. The van der Waals surface area contributed by atoms with Gasteiger partial charge in [-0.25, -0.2) is 4.98 Å². The van der Waals surface area contributed by atoms with Gasteiger partial charge in [-0.2, -0.15) is 0 Å². The zero-order valence-electron chi connectivity index (χ0n) is 14.0. The number of rotatable bonds is 8. The van der Waals surface area contributed by atoms with Crippen molar-refractivity contribution in [3.05, 3.63) is 23.9 Å². The van der Waals surface area contributed by atoms with Gasteiger partial charge in [-0.05, 0) is 31.4 Å². The molecule has 126 valence electrons. The van der Waals surface area contributed by atoms with Gasteiger partial charge in [-0.1, -0.05) is 26.3 Å². The highest BCUT2D eigenvalue weighted by Crippen LogP contribution is 2.11. The van der Waals surface area contributed by atoms with Crippen LogP contribution in [0, 0.1) is 5.92 Å². The van der Waals surface area contributed by atoms with Crippen LogP contribution in [0.4, 0.5) is 5.82 Å². The van der Waals surface area contributed by atoms with E-state index in [2.05, 4.69) is 29.0 Å². The van der Waals surface area contributed by atoms with Crippen LogP contribution in [0.15, 0.2) is 18.3 Å². The number of nitrogens with one attached hydrogen (secondary N) is 1. The highest BCUT2D eigenvalue weighted by atomic mass is 35.5. The molecular weight excluding hydrogens is 300 g/mol. The maximum Gasteiger partial charge on any atom is 0.237 e. The number of carbonyl (C=O) groups excluding carboxylic acids is 1. The smallest absolute Gasteiger partial charge is 0.237 e. The van der Waals surface area contributed by atoms with Crippen LogP contribution in [0.25, 0.3) is 0 Å². The second kappa shape index (κ2) is 10.4. The highest BCUT2D eigenvalue weighted by molar-refractivity contribution is 5.85. The number of hydrogen-bond acceptors (Lipinski definition) is 4. The van der Waals surface area contributed by atoms with Gasteiger partial charge >= 0.3 is 0 Å². The molecule has 2 atom stereocenters. The van der Waals surface area contributed by atoms with Crippen LogP contribution >= 0.6 is 12.4 Å². The van der Waals surface area contributed by atoms with E-state index in [0.717, 1.165) is 30.9 Å². The van der Waals surface area contributed by atoms with E-state index in [-0.39, 0.29) is 24.2 Å². The predicted octanol–water partition coefficient (Wildman–Crippen LogP) is 2.34. The van der Waals surface area contributed by atoms with Crippen molar-refractivity contribution in [2.24, 2.45) is 11.7 Å². The Morgan fingerprint density at radius 1 is 1.32 bits per heavy atom. The average Bonchev–Trinajstić information content (AvgIpc) is 2.53. The Kier molecular flexibility index (Phi) is 9.78. The Balaban J connectivity index is 0.00000441. The lowest BCUT2D eigenvalue weighted by molar-refractivity contribution is -0.123. The number of carbonyl (C=O) groups is 1. The summed E-state index contributed by atoms with van der Waals surface area (Å²) in [4.78, 5) is 18.5. The Hall–Kier alpha value is -1.33. The van der Waals surface area contributed by atoms with Gasteiger partial charge in [0, 0.05) is 25.8 Å². The van der Waals surface area contributed by atoms with Crippen LogP contribution in [-0.4, -0.2) is 30.0 Å². The first-order valence-electron chi connectivity index (χ1n) is 7.76. The fraction of sp³-hybridized carbons (Fsp3) is 0.625. The molecule has 0 aromatic carbocycles. The predicted molar refractivity (Wildman–Crippen MR) is 94.3 cm³/mol. The number of hydrogen-bond donors (Lipinski definition) is 2. The fourth-order valence-electron chi connectivity index (χ4n) is 2.08. The van der Waals surface area contributed by atoms with Crippen LogP contribution < -0.4 is 16.0 Å². The summed E-state index contributed by atoms with van der Waals surface area (Å²) in [6, 6.07) is 3.54. The number of anilines is 1. The van der Waals surface area contributed by atoms with Crippen LogP contribution in [0.2, 0.25) is 0 Å². The van der Waals surface area contributed by atoms with Crippen LogP contribution in [-0.2, 0) is 11.3 Å². The van der Waals surface area contributed by atoms with Crippen molar-refractivity contribution < 1.29 is 4.79 Å². The summed E-state index contributed by atoms with van der Waals surface area (Å²) in [7, 11) is 0. The largest absolute Gasteiger partial charge is 0.357 e. The summed E-state index contributed by atoms with van der Waals surface area (Å²) in [6.45, 7) is 10.6. The summed E-state index contributed by atoms with van der Waals surface area (Å²) in [5.41, 5.74) is 6.88. The molecule has 0 bridgehead atoms. The van der Waals surface area contributed by atoms with Crippen molar-refractivity contribution in [1.29, 1.82) is 0 Å². The molecule has 0 radical (unpaired) electrons. The van der Waals surface area contributed by atoms with E-state index in [1.165, 1.54) is 0 Å². The lowest BCUT2D eigenvalue weighted by Gasteiger charge is -2.20. The lowest BCUT2D eigenvalue weighted by atomic mass is 9.99. The monoisotopic (exact) mass is 328 g/mol. The molecule has 1 aromatic rings. The zero-order chi connectivity index (χ0) is 15.8. The molecule has 1 aromatic heterocycles. The molecule has 0 fully saturated rings. The quantitative estimate of drug-likeness (QED) is 0.768. The van der Waals surface area contributed by atoms with Crippen LogP contribution in [0.5, 0.6) is 0 Å². The number of halogens is 1. The molecule has 0 saturated heterocycles. The first-order valence-corrected chi connectivity index (χ1v) is 7.76. The number of aromatic nitrogens is 1. The standard InChI is InChI=1S/C16H28N4O.ClH/c1-5-12(4)15(17)16(21)19-11-13-8-9-14(18-10-13)20(6-2)7-3;/h8-10,12,15H,5-7,11,17H2,1-4H3,(H,19,21);1H. The fourth-order valence-corrected chi connectivity index (χ4v) is 2.08. The molecule has 1 rings (SSSR count). The third kappa shape index (κ3) is 5.81. The highest BCUT2D eigenvalue weighted by Gasteiger charge is 2.18. The Morgan fingerprint density at radius 3 is 2.41 bits per heavy atom. The van der Waals surface area contributed by atoms with Crippen LogP contribution in [0.3, 0.4) is 0 Å². The summed E-state index contributed by atoms with van der Waals surface area (Å²) < 4.78 is 0. The molecule has 0 aliphatic rings. The maximum atomic E-state index is 11.9. The Morgan fingerprint density at radius 2 is 1.95 bits per heavy atom. The van der Waals surface area contributed by atoms with Gasteiger partial charge in [-0.3, -0.25) is 4.79 Å². The van der Waals surface area contributed by atoms with Gasteiger partial charge in [0.25, 0.3) is 0 Å². The van der Waals surface area contributed by atoms with Gasteiger partial charge in [0.05, 0.1) is 6.04 Å². The minimum atomic E-state index is -0.446. The van der Waals surface area contributed by atoms with Crippen LogP contribution in [0.1, 0.15) is 39.7 Å². The molecule has 2 unspecified atom stereocenters. The maximum absolute atomic E-state index is 11.9. The molecule has 1 heterocycles. The van der Waals surface area contributed by atoms with E-state index in [1.54, 1.807) is 0 Å². The van der Waals surface area contributed by atoms with Gasteiger partial charge in [0.1, 0.15) is 5.82 Å². The summed E-state index contributed by atoms with van der Waals surface area (Å²) >= 11 is 0. The molecule has 5 nitrogen and oxygen atoms in total. The Bertz CT molecular complexity index is 434. The van der Waals surface area contributed by atoms with Crippen molar-refractivity contribution in [2.75, 3.05) is 18.0 Å². The molecular formula is C16H29ClN4O. The third-order valence-electron chi connectivity index (χ3n) is 3.92. The van der Waals surface area contributed by atoms with E-state index in [9.17, 15) is 4.79 Å². The minimum absolute atomic E-state index is 0. The zero-order valence-corrected chi connectivity index (χ0v) is 14.8. The second-order valence-corrected chi connectivity index (χ2v) is 5.33. The topological polar surface area (TPSA) is 71.2 Å². The lowest BCUT2D eigenvalue weighted by Crippen LogP contribution is -2.44. The first kappa shape index (κ1) is 20.7. The van der Waals surface area contributed by atoms with Gasteiger partial charge < -0.3 is 16.0 Å². The summed E-state index contributed by atoms with van der Waals surface area (Å²) in [6.07, 6.45) is 2.71.